The number of methoxy groups -OCH3 is 1. The summed E-state index contributed by atoms with van der Waals surface area (Å²) in [5.41, 5.74) is 0. The molecule has 3 fully saturated rings. The first-order valence-corrected chi connectivity index (χ1v) is 9.53. The zero-order valence-electron chi connectivity index (χ0n) is 15.3. The minimum Gasteiger partial charge on any atom is -0.381 e. The molecule has 1 nitrogen and oxygen atoms in total. The summed E-state index contributed by atoms with van der Waals surface area (Å²) >= 11 is 0. The highest BCUT2D eigenvalue weighted by molar-refractivity contribution is 5.05. The lowest BCUT2D eigenvalue weighted by atomic mass is 9.92. The topological polar surface area (TPSA) is 9.23 Å². The van der Waals surface area contributed by atoms with E-state index in [1.165, 1.54) is 12.8 Å². The van der Waals surface area contributed by atoms with Crippen LogP contribution in [-0.4, -0.2) is 19.4 Å². The zero-order chi connectivity index (χ0) is 16.2. The van der Waals surface area contributed by atoms with Gasteiger partial charge in [-0.3, -0.25) is 0 Å². The first kappa shape index (κ1) is 16.7. The molecular formula is C20H35FO. The molecule has 0 N–H and O–H groups in total. The van der Waals surface area contributed by atoms with Crippen molar-refractivity contribution in [3.05, 3.63) is 0 Å². The molecule has 0 aliphatic heterocycles. The number of alkyl halides is 1. The highest BCUT2D eigenvalue weighted by atomic mass is 19.1. The first-order chi connectivity index (χ1) is 10.4. The second-order valence-electron chi connectivity index (χ2n) is 9.13. The molecule has 3 saturated carbocycles. The lowest BCUT2D eigenvalue weighted by molar-refractivity contribution is 0.156. The predicted molar refractivity (Wildman–Crippen MR) is 89.3 cm³/mol. The Morgan fingerprint density at radius 2 is 1.64 bits per heavy atom. The third kappa shape index (κ3) is 3.09. The van der Waals surface area contributed by atoms with E-state index in [2.05, 4.69) is 34.6 Å². The van der Waals surface area contributed by atoms with Crippen LogP contribution in [0.5, 0.6) is 0 Å². The van der Waals surface area contributed by atoms with E-state index in [1.54, 1.807) is 7.11 Å². The smallest absolute Gasteiger partial charge is 0.107 e. The monoisotopic (exact) mass is 310 g/mol. The fourth-order valence-electron chi connectivity index (χ4n) is 5.68. The van der Waals surface area contributed by atoms with Gasteiger partial charge >= 0.3 is 0 Å². The summed E-state index contributed by atoms with van der Waals surface area (Å²) in [5.74, 6) is 6.01. The third-order valence-electron chi connectivity index (χ3n) is 7.29. The Bertz CT molecular complexity index is 395. The lowest BCUT2D eigenvalue weighted by Gasteiger charge is -2.13. The van der Waals surface area contributed by atoms with E-state index in [4.69, 9.17) is 4.74 Å². The van der Waals surface area contributed by atoms with Gasteiger partial charge in [-0.25, -0.2) is 4.39 Å². The van der Waals surface area contributed by atoms with Crippen LogP contribution in [0.15, 0.2) is 0 Å². The molecule has 10 unspecified atom stereocenters. The maximum atomic E-state index is 14.3. The van der Waals surface area contributed by atoms with Crippen LogP contribution in [0, 0.1) is 53.3 Å². The highest BCUT2D eigenvalue weighted by Crippen LogP contribution is 2.59. The SMILES string of the molecule is COC1CC1C(C)CC1C(F)C1C(C)CC1C(C)C1C(C)C. The van der Waals surface area contributed by atoms with Crippen molar-refractivity contribution in [2.75, 3.05) is 7.11 Å². The summed E-state index contributed by atoms with van der Waals surface area (Å²) in [5, 5.41) is 0. The Labute approximate surface area is 136 Å². The average Bonchev–Trinajstić information content (AvgIpc) is 3.35. The zero-order valence-corrected chi connectivity index (χ0v) is 15.3. The molecule has 0 amide bonds. The van der Waals surface area contributed by atoms with Gasteiger partial charge in [0.15, 0.2) is 0 Å². The van der Waals surface area contributed by atoms with Crippen LogP contribution in [0.1, 0.15) is 53.9 Å². The summed E-state index contributed by atoms with van der Waals surface area (Å²) in [4.78, 5) is 0. The third-order valence-corrected chi connectivity index (χ3v) is 7.29. The average molecular weight is 310 g/mol. The van der Waals surface area contributed by atoms with Crippen LogP contribution in [0.4, 0.5) is 4.39 Å². The van der Waals surface area contributed by atoms with E-state index >= 15 is 0 Å². The Balaban J connectivity index is 1.43. The quantitative estimate of drug-likeness (QED) is 0.599. The molecule has 2 heteroatoms. The molecule has 0 bridgehead atoms. The molecule has 0 radical (unpaired) electrons. The summed E-state index contributed by atoms with van der Waals surface area (Å²) in [7, 11) is 1.80. The van der Waals surface area contributed by atoms with Gasteiger partial charge in [-0.1, -0.05) is 34.6 Å². The second kappa shape index (κ2) is 6.07. The highest BCUT2D eigenvalue weighted by Gasteiger charge is 2.57. The van der Waals surface area contributed by atoms with Gasteiger partial charge in [0.25, 0.3) is 0 Å². The molecule has 0 saturated heterocycles. The van der Waals surface area contributed by atoms with Gasteiger partial charge in [0.05, 0.1) is 6.10 Å². The maximum Gasteiger partial charge on any atom is 0.107 e. The van der Waals surface area contributed by atoms with Crippen LogP contribution in [0.2, 0.25) is 0 Å². The van der Waals surface area contributed by atoms with Crippen LogP contribution in [0.3, 0.4) is 0 Å². The van der Waals surface area contributed by atoms with Gasteiger partial charge in [0.2, 0.25) is 0 Å². The van der Waals surface area contributed by atoms with Gasteiger partial charge in [-0.2, -0.15) is 0 Å². The van der Waals surface area contributed by atoms with Crippen LogP contribution < -0.4 is 0 Å². The number of halogens is 1. The molecule has 3 aliphatic rings. The fraction of sp³-hybridized carbons (Fsp3) is 1.00. The number of rotatable bonds is 8. The first-order valence-electron chi connectivity index (χ1n) is 9.53. The van der Waals surface area contributed by atoms with Gasteiger partial charge in [0, 0.05) is 7.11 Å². The van der Waals surface area contributed by atoms with Crippen molar-refractivity contribution >= 4 is 0 Å². The van der Waals surface area contributed by atoms with Crippen LogP contribution in [0.25, 0.3) is 0 Å². The Kier molecular flexibility index (Phi) is 4.62. The van der Waals surface area contributed by atoms with Gasteiger partial charge in [0.1, 0.15) is 6.17 Å². The van der Waals surface area contributed by atoms with E-state index in [9.17, 15) is 4.39 Å². The molecule has 3 rings (SSSR count). The molecular weight excluding hydrogens is 275 g/mol. The van der Waals surface area contributed by atoms with Gasteiger partial charge in [-0.15, -0.1) is 0 Å². The molecule has 22 heavy (non-hydrogen) atoms. The van der Waals surface area contributed by atoms with Crippen molar-refractivity contribution < 1.29 is 9.13 Å². The lowest BCUT2D eigenvalue weighted by Crippen LogP contribution is -2.07. The largest absolute Gasteiger partial charge is 0.381 e. The van der Waals surface area contributed by atoms with Crippen molar-refractivity contribution in [1.82, 2.24) is 0 Å². The molecule has 0 aromatic carbocycles. The summed E-state index contributed by atoms with van der Waals surface area (Å²) < 4.78 is 19.7. The molecule has 0 aromatic rings. The number of hydrogen-bond acceptors (Lipinski definition) is 1. The van der Waals surface area contributed by atoms with E-state index in [0.29, 0.717) is 35.7 Å². The van der Waals surface area contributed by atoms with E-state index < -0.39 is 6.17 Å². The molecule has 128 valence electrons. The molecule has 10 atom stereocenters. The van der Waals surface area contributed by atoms with Gasteiger partial charge in [-0.05, 0) is 72.5 Å². The van der Waals surface area contributed by atoms with Gasteiger partial charge < -0.3 is 4.74 Å². The van der Waals surface area contributed by atoms with E-state index in [-0.39, 0.29) is 0 Å². The number of hydrogen-bond donors (Lipinski definition) is 0. The Hall–Kier alpha value is -0.110. The minimum atomic E-state index is -0.524. The van der Waals surface area contributed by atoms with Crippen molar-refractivity contribution in [2.45, 2.75) is 66.2 Å². The summed E-state index contributed by atoms with van der Waals surface area (Å²) in [6, 6.07) is 0. The Morgan fingerprint density at radius 3 is 2.14 bits per heavy atom. The van der Waals surface area contributed by atoms with Crippen molar-refractivity contribution in [3.63, 3.8) is 0 Å². The van der Waals surface area contributed by atoms with Crippen LogP contribution >= 0.6 is 0 Å². The molecule has 0 aromatic heterocycles. The van der Waals surface area contributed by atoms with E-state index in [0.717, 1.165) is 30.1 Å². The van der Waals surface area contributed by atoms with Crippen molar-refractivity contribution in [3.8, 4) is 0 Å². The predicted octanol–water partition coefficient (Wildman–Crippen LogP) is 5.20. The molecule has 0 spiro atoms. The standard InChI is InChI=1S/C20H35FO/c1-10(2)18-13(5)15(18)8-12(4)19-16(20(19)21)7-11(3)14-9-17(14)22-6/h10-20H,7-9H2,1-6H3. The van der Waals surface area contributed by atoms with Crippen LogP contribution in [-0.2, 0) is 4.74 Å². The van der Waals surface area contributed by atoms with Crippen molar-refractivity contribution in [2.24, 2.45) is 53.3 Å². The Morgan fingerprint density at radius 1 is 1.00 bits per heavy atom. The molecule has 3 aliphatic carbocycles. The summed E-state index contributed by atoms with van der Waals surface area (Å²) in [6.07, 6.45) is 3.46. The minimum absolute atomic E-state index is 0.342. The fourth-order valence-corrected chi connectivity index (χ4v) is 5.68. The summed E-state index contributed by atoms with van der Waals surface area (Å²) in [6.45, 7) is 11.7. The van der Waals surface area contributed by atoms with E-state index in [1.807, 2.05) is 0 Å². The second-order valence-corrected chi connectivity index (χ2v) is 9.13. The van der Waals surface area contributed by atoms with Crippen molar-refractivity contribution in [1.29, 1.82) is 0 Å². The normalized spacial score (nSPS) is 49.1. The number of ether oxygens (including phenoxy) is 1. The molecule has 0 heterocycles. The maximum absolute atomic E-state index is 14.3.